The first-order valence-electron chi connectivity index (χ1n) is 32.9. The van der Waals surface area contributed by atoms with Crippen LogP contribution in [0.1, 0.15) is 49.9 Å². The zero-order valence-corrected chi connectivity index (χ0v) is 52.8. The Balaban J connectivity index is 0.000000138. The molecule has 4 aromatic heterocycles. The van der Waals surface area contributed by atoms with E-state index in [0.29, 0.717) is 0 Å². The normalized spacial score (nSPS) is 13.5. The van der Waals surface area contributed by atoms with Crippen molar-refractivity contribution in [1.82, 2.24) is 18.7 Å². The number of aromatic nitrogens is 4. The van der Waals surface area contributed by atoms with Crippen LogP contribution in [-0.2, 0) is 10.8 Å². The monoisotopic (exact) mass is 1200 g/mol. The molecule has 0 bridgehead atoms. The minimum Gasteiger partial charge on any atom is -0.354 e. The molecule has 2 aliphatic rings. The van der Waals surface area contributed by atoms with Crippen LogP contribution >= 0.6 is 0 Å². The van der Waals surface area contributed by atoms with Gasteiger partial charge in [0.1, 0.15) is 0 Å². The molecule has 0 saturated carbocycles. The van der Waals surface area contributed by atoms with E-state index >= 15 is 0 Å². The molecule has 444 valence electrons. The molecule has 4 nitrogen and oxygen atoms in total. The van der Waals surface area contributed by atoms with E-state index in [2.05, 4.69) is 356 Å². The second-order valence-electron chi connectivity index (χ2n) is 26.8. The summed E-state index contributed by atoms with van der Waals surface area (Å²) in [4.78, 5) is 3.72. The van der Waals surface area contributed by atoms with Gasteiger partial charge in [0.2, 0.25) is 0 Å². The summed E-state index contributed by atoms with van der Waals surface area (Å²) in [5.41, 5.74) is 31.5. The van der Waals surface area contributed by atoms with Gasteiger partial charge in [0.05, 0.1) is 33.1 Å². The maximum absolute atomic E-state index is 3.72. The van der Waals surface area contributed by atoms with Crippen molar-refractivity contribution in [1.29, 1.82) is 0 Å². The van der Waals surface area contributed by atoms with Crippen LogP contribution in [-0.4, -0.2) is 18.7 Å². The summed E-state index contributed by atoms with van der Waals surface area (Å²) in [6.45, 7) is 9.45. The summed E-state index contributed by atoms with van der Waals surface area (Å²) in [6, 6.07) is 114. The predicted octanol–water partition coefficient (Wildman–Crippen LogP) is 23.9. The minimum absolute atomic E-state index is 0.0146. The Bertz CT molecular complexity index is 6150. The van der Waals surface area contributed by atoms with Crippen LogP contribution in [0.25, 0.3) is 160 Å². The third kappa shape index (κ3) is 7.93. The van der Waals surface area contributed by atoms with Crippen molar-refractivity contribution in [3.63, 3.8) is 0 Å². The molecule has 0 unspecified atom stereocenters. The Morgan fingerprint density at radius 1 is 0.234 bits per heavy atom. The summed E-state index contributed by atoms with van der Waals surface area (Å²) < 4.78 is 7.24. The molecule has 20 rings (SSSR count). The highest BCUT2D eigenvalue weighted by Crippen LogP contribution is 2.55. The first-order valence-corrected chi connectivity index (χ1v) is 32.9. The van der Waals surface area contributed by atoms with Gasteiger partial charge < -0.3 is 18.7 Å². The highest BCUT2D eigenvalue weighted by atomic mass is 15.0. The zero-order valence-electron chi connectivity index (χ0n) is 52.8. The lowest BCUT2D eigenvalue weighted by Gasteiger charge is -2.21. The number of nitrogens with one attached hydrogen (secondary N) is 1. The van der Waals surface area contributed by atoms with Crippen molar-refractivity contribution in [2.45, 2.75) is 38.5 Å². The SMILES string of the molecule is CC1(C)c2ccccc2-c2c1ccc1[nH]c3ccc(-c4ccc5c(c4)c4ccccc4n5-c4ccccc4)cc3c21.CC1(C)c2ccccc2-c2c1ccc1c2c2cc(-c3ccc4c(c3)c3ccccc3n4-c3ccccc3)ccc2n1-c1cccc(-c2ccccc2)c1. The molecule has 0 atom stereocenters. The highest BCUT2D eigenvalue weighted by molar-refractivity contribution is 6.20. The largest absolute Gasteiger partial charge is 0.354 e. The summed E-state index contributed by atoms with van der Waals surface area (Å²) in [5, 5.41) is 10.3. The van der Waals surface area contributed by atoms with Crippen LogP contribution in [0.4, 0.5) is 0 Å². The second kappa shape index (κ2) is 20.4. The molecule has 94 heavy (non-hydrogen) atoms. The van der Waals surface area contributed by atoms with Gasteiger partial charge in [0.15, 0.2) is 0 Å². The molecule has 1 N–H and O–H groups in total. The number of para-hydroxylation sites is 4. The fraction of sp³-hybridized carbons (Fsp3) is 0.0667. The summed E-state index contributed by atoms with van der Waals surface area (Å²) >= 11 is 0. The zero-order chi connectivity index (χ0) is 62.6. The van der Waals surface area contributed by atoms with E-state index < -0.39 is 0 Å². The van der Waals surface area contributed by atoms with Crippen molar-refractivity contribution in [3.05, 3.63) is 332 Å². The molecule has 4 heterocycles. The first kappa shape index (κ1) is 54.1. The quantitative estimate of drug-likeness (QED) is 0.172. The molecule has 0 fully saturated rings. The van der Waals surface area contributed by atoms with Gasteiger partial charge in [-0.05, 0) is 187 Å². The molecule has 0 saturated heterocycles. The Morgan fingerprint density at radius 3 is 1.19 bits per heavy atom. The number of fused-ring (bicyclic) bond motifs is 20. The molecular formula is C90H64N4. The van der Waals surface area contributed by atoms with Crippen LogP contribution in [0.2, 0.25) is 0 Å². The maximum Gasteiger partial charge on any atom is 0.0547 e. The number of aromatic amines is 1. The van der Waals surface area contributed by atoms with E-state index in [4.69, 9.17) is 0 Å². The molecule has 2 aliphatic carbocycles. The number of benzene rings is 14. The maximum atomic E-state index is 3.72. The van der Waals surface area contributed by atoms with Crippen molar-refractivity contribution in [3.8, 4) is 72.7 Å². The van der Waals surface area contributed by atoms with E-state index in [1.165, 1.54) is 182 Å². The second-order valence-corrected chi connectivity index (χ2v) is 26.8. The molecule has 4 heteroatoms. The standard InChI is InChI=1S/C51H36N2.C39H28N2/c1-51(2)43-22-11-9-21-40(43)49-44(51)26-29-48-50(49)42-32-36(25-28-47(42)53(48)38-19-13-16-34(30-38)33-14-5-3-6-15-33)35-24-27-46-41(31-35)39-20-10-12-23-45(39)52(46)37-17-7-4-8-18-37;1-39(2)31-14-8-6-13-28(31)37-32(39)18-20-34-38(37)30-23-24(16-19-33(30)40-34)25-17-21-36-29(22-25)27-12-7-9-15-35(27)41(36)26-10-4-3-5-11-26/h3-32H,1-2H3;3-23,40H,1-2H3. The van der Waals surface area contributed by atoms with Crippen LogP contribution < -0.4 is 0 Å². The average Bonchev–Trinajstić information content (AvgIpc) is 1.57. The fourth-order valence-electron chi connectivity index (χ4n) is 16.6. The van der Waals surface area contributed by atoms with E-state index in [0.717, 1.165) is 0 Å². The third-order valence-electron chi connectivity index (χ3n) is 21.0. The van der Waals surface area contributed by atoms with Crippen LogP contribution in [0.15, 0.2) is 309 Å². The number of nitrogens with zero attached hydrogens (tertiary/aromatic N) is 3. The van der Waals surface area contributed by atoms with Gasteiger partial charge in [-0.15, -0.1) is 0 Å². The van der Waals surface area contributed by atoms with Crippen molar-refractivity contribution < 1.29 is 0 Å². The first-order chi connectivity index (χ1) is 46.2. The molecule has 18 aromatic rings. The third-order valence-corrected chi connectivity index (χ3v) is 21.0. The highest BCUT2D eigenvalue weighted by Gasteiger charge is 2.39. The van der Waals surface area contributed by atoms with E-state index in [-0.39, 0.29) is 10.8 Å². The van der Waals surface area contributed by atoms with Crippen molar-refractivity contribution in [2.75, 3.05) is 0 Å². The molecular weight excluding hydrogens is 1140 g/mol. The fourth-order valence-corrected chi connectivity index (χ4v) is 16.6. The lowest BCUT2D eigenvalue weighted by molar-refractivity contribution is 0.660. The Kier molecular flexibility index (Phi) is 11.7. The average molecular weight is 1200 g/mol. The summed E-state index contributed by atoms with van der Waals surface area (Å²) in [5.74, 6) is 0. The number of hydrogen-bond donors (Lipinski definition) is 1. The summed E-state index contributed by atoms with van der Waals surface area (Å²) in [7, 11) is 0. The predicted molar refractivity (Wildman–Crippen MR) is 397 cm³/mol. The molecule has 14 aromatic carbocycles. The molecule has 0 spiro atoms. The van der Waals surface area contributed by atoms with Gasteiger partial charge in [-0.2, -0.15) is 0 Å². The Labute approximate surface area is 545 Å². The molecule has 0 radical (unpaired) electrons. The number of hydrogen-bond acceptors (Lipinski definition) is 0. The van der Waals surface area contributed by atoms with Crippen molar-refractivity contribution in [2.24, 2.45) is 0 Å². The van der Waals surface area contributed by atoms with E-state index in [1.807, 2.05) is 0 Å². The van der Waals surface area contributed by atoms with Gasteiger partial charge in [0, 0.05) is 82.0 Å². The minimum atomic E-state index is -0.0859. The van der Waals surface area contributed by atoms with Crippen LogP contribution in [0.5, 0.6) is 0 Å². The van der Waals surface area contributed by atoms with Gasteiger partial charge in [0.25, 0.3) is 0 Å². The Hall–Kier alpha value is -11.7. The lowest BCUT2D eigenvalue weighted by Crippen LogP contribution is -2.14. The number of rotatable bonds is 6. The van der Waals surface area contributed by atoms with E-state index in [9.17, 15) is 0 Å². The van der Waals surface area contributed by atoms with Crippen molar-refractivity contribution >= 4 is 87.2 Å². The topological polar surface area (TPSA) is 30.6 Å². The Morgan fingerprint density at radius 2 is 0.617 bits per heavy atom. The van der Waals surface area contributed by atoms with Gasteiger partial charge in [-0.25, -0.2) is 0 Å². The lowest BCUT2D eigenvalue weighted by atomic mass is 9.82. The molecule has 0 amide bonds. The van der Waals surface area contributed by atoms with Crippen LogP contribution in [0, 0.1) is 0 Å². The van der Waals surface area contributed by atoms with Gasteiger partial charge in [-0.1, -0.05) is 228 Å². The van der Waals surface area contributed by atoms with Gasteiger partial charge in [-0.3, -0.25) is 0 Å². The smallest absolute Gasteiger partial charge is 0.0547 e. The molecule has 0 aliphatic heterocycles. The number of H-pyrrole nitrogens is 1. The van der Waals surface area contributed by atoms with E-state index in [1.54, 1.807) is 0 Å². The van der Waals surface area contributed by atoms with Crippen LogP contribution in [0.3, 0.4) is 0 Å². The summed E-state index contributed by atoms with van der Waals surface area (Å²) in [6.07, 6.45) is 0. The van der Waals surface area contributed by atoms with Gasteiger partial charge >= 0.3 is 0 Å².